The smallest absolute Gasteiger partial charge is 0.340 e. The molecule has 18 heavy (non-hydrogen) atoms. The Bertz CT molecular complexity index is 457. The summed E-state index contributed by atoms with van der Waals surface area (Å²) < 4.78 is 5.14. The third-order valence-corrected chi connectivity index (χ3v) is 3.30. The standard InChI is InChI=1S/C14H20N2O2/c1-3-8-18-14(17)12-5-4-10-9-16(2)7-6-11(10)13(12)15/h4-5H,3,6-9,15H2,1-2H3. The van der Waals surface area contributed by atoms with Crippen molar-refractivity contribution in [3.05, 3.63) is 28.8 Å². The Kier molecular flexibility index (Phi) is 3.87. The Morgan fingerprint density at radius 3 is 3.00 bits per heavy atom. The van der Waals surface area contributed by atoms with Crippen LogP contribution in [-0.4, -0.2) is 31.1 Å². The molecule has 1 aliphatic rings. The molecule has 0 radical (unpaired) electrons. The van der Waals surface area contributed by atoms with Gasteiger partial charge < -0.3 is 15.4 Å². The molecule has 2 rings (SSSR count). The topological polar surface area (TPSA) is 55.6 Å². The molecule has 4 heteroatoms. The normalized spacial score (nSPS) is 15.2. The van der Waals surface area contributed by atoms with Crippen molar-refractivity contribution in [3.8, 4) is 0 Å². The highest BCUT2D eigenvalue weighted by molar-refractivity contribution is 5.96. The quantitative estimate of drug-likeness (QED) is 0.655. The predicted octanol–water partition coefficient (Wildman–Crippen LogP) is 1.82. The van der Waals surface area contributed by atoms with Crippen molar-refractivity contribution in [1.29, 1.82) is 0 Å². The van der Waals surface area contributed by atoms with Crippen LogP contribution in [0.1, 0.15) is 34.8 Å². The number of fused-ring (bicyclic) bond motifs is 1. The molecule has 0 amide bonds. The first kappa shape index (κ1) is 12.9. The summed E-state index contributed by atoms with van der Waals surface area (Å²) in [5, 5.41) is 0. The minimum atomic E-state index is -0.309. The van der Waals surface area contributed by atoms with E-state index in [1.54, 1.807) is 6.07 Å². The molecule has 0 aromatic heterocycles. The zero-order chi connectivity index (χ0) is 13.1. The molecular formula is C14H20N2O2. The number of hydrogen-bond acceptors (Lipinski definition) is 4. The molecule has 0 aliphatic carbocycles. The lowest BCUT2D eigenvalue weighted by Crippen LogP contribution is -2.27. The van der Waals surface area contributed by atoms with Crippen LogP contribution in [0.4, 0.5) is 5.69 Å². The second kappa shape index (κ2) is 5.40. The molecule has 0 saturated carbocycles. The van der Waals surface area contributed by atoms with E-state index in [0.29, 0.717) is 17.9 Å². The Morgan fingerprint density at radius 2 is 2.28 bits per heavy atom. The SMILES string of the molecule is CCCOC(=O)c1ccc2c(c1N)CCN(C)C2. The summed E-state index contributed by atoms with van der Waals surface area (Å²) in [4.78, 5) is 14.1. The molecule has 0 unspecified atom stereocenters. The van der Waals surface area contributed by atoms with Crippen molar-refractivity contribution in [1.82, 2.24) is 4.90 Å². The van der Waals surface area contributed by atoms with Gasteiger partial charge in [-0.2, -0.15) is 0 Å². The van der Waals surface area contributed by atoms with Gasteiger partial charge in [-0.25, -0.2) is 4.79 Å². The molecule has 0 saturated heterocycles. The number of nitrogen functional groups attached to an aromatic ring is 1. The monoisotopic (exact) mass is 248 g/mol. The predicted molar refractivity (Wildman–Crippen MR) is 71.5 cm³/mol. The lowest BCUT2D eigenvalue weighted by molar-refractivity contribution is 0.0506. The average molecular weight is 248 g/mol. The van der Waals surface area contributed by atoms with Gasteiger partial charge in [-0.3, -0.25) is 0 Å². The van der Waals surface area contributed by atoms with E-state index < -0.39 is 0 Å². The molecule has 1 heterocycles. The fraction of sp³-hybridized carbons (Fsp3) is 0.500. The van der Waals surface area contributed by atoms with Crippen LogP contribution in [0, 0.1) is 0 Å². The first-order valence-corrected chi connectivity index (χ1v) is 6.39. The summed E-state index contributed by atoms with van der Waals surface area (Å²) in [6, 6.07) is 3.77. The van der Waals surface area contributed by atoms with E-state index in [9.17, 15) is 4.79 Å². The second-order valence-corrected chi connectivity index (χ2v) is 4.79. The summed E-state index contributed by atoms with van der Waals surface area (Å²) in [7, 11) is 2.09. The van der Waals surface area contributed by atoms with Crippen molar-refractivity contribution < 1.29 is 9.53 Å². The number of ether oxygens (including phenoxy) is 1. The summed E-state index contributed by atoms with van der Waals surface area (Å²) in [5.41, 5.74) is 9.53. The Labute approximate surface area is 108 Å². The zero-order valence-electron chi connectivity index (χ0n) is 11.0. The third-order valence-electron chi connectivity index (χ3n) is 3.30. The van der Waals surface area contributed by atoms with E-state index in [-0.39, 0.29) is 5.97 Å². The lowest BCUT2D eigenvalue weighted by Gasteiger charge is -2.26. The van der Waals surface area contributed by atoms with Crippen LogP contribution in [0.25, 0.3) is 0 Å². The Morgan fingerprint density at radius 1 is 1.50 bits per heavy atom. The maximum atomic E-state index is 11.9. The average Bonchev–Trinajstić information content (AvgIpc) is 2.36. The van der Waals surface area contributed by atoms with Gasteiger partial charge in [0.25, 0.3) is 0 Å². The summed E-state index contributed by atoms with van der Waals surface area (Å²) >= 11 is 0. The zero-order valence-corrected chi connectivity index (χ0v) is 11.0. The summed E-state index contributed by atoms with van der Waals surface area (Å²) in [6.45, 7) is 4.28. The summed E-state index contributed by atoms with van der Waals surface area (Å²) in [6.07, 6.45) is 1.72. The van der Waals surface area contributed by atoms with Gasteiger partial charge in [0.2, 0.25) is 0 Å². The molecular weight excluding hydrogens is 228 g/mol. The number of hydrogen-bond donors (Lipinski definition) is 1. The maximum Gasteiger partial charge on any atom is 0.340 e. The van der Waals surface area contributed by atoms with E-state index in [4.69, 9.17) is 10.5 Å². The largest absolute Gasteiger partial charge is 0.462 e. The van der Waals surface area contributed by atoms with Crippen LogP contribution in [0.2, 0.25) is 0 Å². The van der Waals surface area contributed by atoms with Crippen molar-refractivity contribution in [2.24, 2.45) is 0 Å². The highest BCUT2D eigenvalue weighted by atomic mass is 16.5. The molecule has 0 atom stereocenters. The van der Waals surface area contributed by atoms with Gasteiger partial charge >= 0.3 is 5.97 Å². The molecule has 0 bridgehead atoms. The van der Waals surface area contributed by atoms with E-state index in [2.05, 4.69) is 11.9 Å². The maximum absolute atomic E-state index is 11.9. The number of nitrogens with zero attached hydrogens (tertiary/aromatic N) is 1. The van der Waals surface area contributed by atoms with Gasteiger partial charge in [0, 0.05) is 18.8 Å². The van der Waals surface area contributed by atoms with Crippen molar-refractivity contribution in [2.75, 3.05) is 25.9 Å². The van der Waals surface area contributed by atoms with Gasteiger partial charge in [0.1, 0.15) is 0 Å². The molecule has 0 spiro atoms. The highest BCUT2D eigenvalue weighted by Gasteiger charge is 2.20. The number of likely N-dealkylation sites (N-methyl/N-ethyl adjacent to an activating group) is 1. The first-order valence-electron chi connectivity index (χ1n) is 6.39. The number of esters is 1. The van der Waals surface area contributed by atoms with Crippen LogP contribution in [-0.2, 0) is 17.7 Å². The lowest BCUT2D eigenvalue weighted by atomic mass is 9.95. The number of carbonyl (C=O) groups excluding carboxylic acids is 1. The molecule has 1 aromatic rings. The van der Waals surface area contributed by atoms with Gasteiger partial charge in [-0.05, 0) is 37.1 Å². The van der Waals surface area contributed by atoms with E-state index in [0.717, 1.165) is 31.5 Å². The Balaban J connectivity index is 2.26. The molecule has 1 aromatic carbocycles. The van der Waals surface area contributed by atoms with Gasteiger partial charge in [0.05, 0.1) is 12.2 Å². The van der Waals surface area contributed by atoms with Crippen LogP contribution >= 0.6 is 0 Å². The number of anilines is 1. The molecule has 0 fully saturated rings. The number of carbonyl (C=O) groups is 1. The second-order valence-electron chi connectivity index (χ2n) is 4.79. The fourth-order valence-electron chi connectivity index (χ4n) is 2.28. The first-order chi connectivity index (χ1) is 8.63. The van der Waals surface area contributed by atoms with Crippen LogP contribution in [0.3, 0.4) is 0 Å². The van der Waals surface area contributed by atoms with Gasteiger partial charge in [-0.1, -0.05) is 13.0 Å². The van der Waals surface area contributed by atoms with E-state index in [1.807, 2.05) is 13.0 Å². The highest BCUT2D eigenvalue weighted by Crippen LogP contribution is 2.27. The molecule has 98 valence electrons. The number of benzene rings is 1. The van der Waals surface area contributed by atoms with Crippen LogP contribution in [0.15, 0.2) is 12.1 Å². The summed E-state index contributed by atoms with van der Waals surface area (Å²) in [5.74, 6) is -0.309. The number of rotatable bonds is 3. The minimum absolute atomic E-state index is 0.309. The molecule has 1 aliphatic heterocycles. The number of nitrogens with two attached hydrogens (primary N) is 1. The van der Waals surface area contributed by atoms with Crippen LogP contribution in [0.5, 0.6) is 0 Å². The van der Waals surface area contributed by atoms with Crippen LogP contribution < -0.4 is 5.73 Å². The molecule has 4 nitrogen and oxygen atoms in total. The van der Waals surface area contributed by atoms with Gasteiger partial charge in [-0.15, -0.1) is 0 Å². The third kappa shape index (κ3) is 2.48. The Hall–Kier alpha value is -1.55. The van der Waals surface area contributed by atoms with Crippen molar-refractivity contribution in [3.63, 3.8) is 0 Å². The fourth-order valence-corrected chi connectivity index (χ4v) is 2.28. The van der Waals surface area contributed by atoms with Crippen molar-refractivity contribution in [2.45, 2.75) is 26.3 Å². The van der Waals surface area contributed by atoms with Crippen molar-refractivity contribution >= 4 is 11.7 Å². The van der Waals surface area contributed by atoms with Gasteiger partial charge in [0.15, 0.2) is 0 Å². The van der Waals surface area contributed by atoms with E-state index >= 15 is 0 Å². The van der Waals surface area contributed by atoms with E-state index in [1.165, 1.54) is 5.56 Å². The minimum Gasteiger partial charge on any atom is -0.462 e. The molecule has 2 N–H and O–H groups in total.